The Hall–Kier alpha value is -3.02. The van der Waals surface area contributed by atoms with Gasteiger partial charge in [0.1, 0.15) is 12.4 Å². The zero-order chi connectivity index (χ0) is 18.7. The summed E-state index contributed by atoms with van der Waals surface area (Å²) in [5, 5.41) is 10.4. The largest absolute Gasteiger partial charge is 0.508 e. The molecule has 0 fully saturated rings. The molecule has 1 N–H and O–H groups in total. The number of aromatic nitrogens is 1. The molecular weight excluding hydrogens is 337 g/mol. The lowest BCUT2D eigenvalue weighted by molar-refractivity contribution is 0.0527. The van der Waals surface area contributed by atoms with Gasteiger partial charge in [0.15, 0.2) is 11.6 Å². The van der Waals surface area contributed by atoms with Crippen LogP contribution in [-0.4, -0.2) is 28.9 Å². The third-order valence-corrected chi connectivity index (χ3v) is 4.20. The third-order valence-electron chi connectivity index (χ3n) is 4.20. The van der Waals surface area contributed by atoms with E-state index in [9.17, 15) is 14.3 Å². The summed E-state index contributed by atoms with van der Waals surface area (Å²) in [7, 11) is 0. The molecule has 0 spiro atoms. The number of carbonyl (C=O) groups excluding carboxylic acids is 1. The first-order valence-electron chi connectivity index (χ1n) is 8.39. The first-order valence-corrected chi connectivity index (χ1v) is 8.39. The molecule has 1 aromatic heterocycles. The number of phenolic OH excluding ortho intramolecular Hbond substituents is 1. The summed E-state index contributed by atoms with van der Waals surface area (Å²) in [6.45, 7) is 4.47. The average Bonchev–Trinajstić information content (AvgIpc) is 2.88. The van der Waals surface area contributed by atoms with Crippen molar-refractivity contribution in [3.8, 4) is 11.5 Å². The lowest BCUT2D eigenvalue weighted by Crippen LogP contribution is -2.12. The van der Waals surface area contributed by atoms with E-state index in [1.807, 2.05) is 11.5 Å². The highest BCUT2D eigenvalue weighted by atomic mass is 19.1. The molecule has 3 rings (SSSR count). The first-order chi connectivity index (χ1) is 12.5. The van der Waals surface area contributed by atoms with Gasteiger partial charge in [-0.25, -0.2) is 9.18 Å². The number of ether oxygens (including phenoxy) is 2. The number of halogens is 1. The molecule has 0 unspecified atom stereocenters. The lowest BCUT2D eigenvalue weighted by Gasteiger charge is -2.11. The van der Waals surface area contributed by atoms with E-state index in [1.54, 1.807) is 43.3 Å². The molecule has 0 saturated heterocycles. The molecule has 0 radical (unpaired) electrons. The topological polar surface area (TPSA) is 60.7 Å². The maximum atomic E-state index is 13.7. The lowest BCUT2D eigenvalue weighted by atomic mass is 10.1. The van der Waals surface area contributed by atoms with Crippen molar-refractivity contribution in [2.75, 3.05) is 13.2 Å². The predicted molar refractivity (Wildman–Crippen MR) is 96.2 cm³/mol. The average molecular weight is 357 g/mol. The minimum Gasteiger partial charge on any atom is -0.508 e. The van der Waals surface area contributed by atoms with Crippen molar-refractivity contribution in [3.05, 3.63) is 59.5 Å². The smallest absolute Gasteiger partial charge is 0.340 e. The van der Waals surface area contributed by atoms with E-state index >= 15 is 0 Å². The Bertz CT molecular complexity index is 948. The first kappa shape index (κ1) is 17.8. The summed E-state index contributed by atoms with van der Waals surface area (Å²) >= 11 is 0. The van der Waals surface area contributed by atoms with Crippen molar-refractivity contribution >= 4 is 16.9 Å². The van der Waals surface area contributed by atoms with Crippen LogP contribution in [-0.2, 0) is 11.3 Å². The Morgan fingerprint density at radius 2 is 2.00 bits per heavy atom. The van der Waals surface area contributed by atoms with E-state index in [0.717, 1.165) is 5.52 Å². The van der Waals surface area contributed by atoms with Crippen molar-refractivity contribution < 1.29 is 23.8 Å². The molecule has 26 heavy (non-hydrogen) atoms. The zero-order valence-electron chi connectivity index (χ0n) is 14.7. The Morgan fingerprint density at radius 3 is 2.73 bits per heavy atom. The summed E-state index contributed by atoms with van der Waals surface area (Å²) in [5.74, 6) is -0.597. The van der Waals surface area contributed by atoms with Gasteiger partial charge in [-0.3, -0.25) is 0 Å². The van der Waals surface area contributed by atoms with E-state index in [2.05, 4.69) is 0 Å². The van der Waals surface area contributed by atoms with E-state index < -0.39 is 11.8 Å². The summed E-state index contributed by atoms with van der Waals surface area (Å²) in [6.07, 6.45) is 0. The predicted octanol–water partition coefficient (Wildman–Crippen LogP) is 4.05. The summed E-state index contributed by atoms with van der Waals surface area (Å²) < 4.78 is 26.2. The van der Waals surface area contributed by atoms with Crippen LogP contribution < -0.4 is 4.74 Å². The maximum absolute atomic E-state index is 13.7. The van der Waals surface area contributed by atoms with Gasteiger partial charge in [-0.1, -0.05) is 12.1 Å². The number of phenols is 1. The van der Waals surface area contributed by atoms with Gasteiger partial charge in [-0.2, -0.15) is 0 Å². The Kier molecular flexibility index (Phi) is 5.11. The molecule has 5 nitrogen and oxygen atoms in total. The Morgan fingerprint density at radius 1 is 1.23 bits per heavy atom. The van der Waals surface area contributed by atoms with Gasteiger partial charge in [0, 0.05) is 16.6 Å². The molecule has 136 valence electrons. The van der Waals surface area contributed by atoms with Crippen molar-refractivity contribution in [1.82, 2.24) is 4.57 Å². The number of esters is 1. The molecule has 1 heterocycles. The molecule has 0 saturated carbocycles. The number of hydrogen-bond donors (Lipinski definition) is 1. The molecule has 2 aromatic carbocycles. The Balaban J connectivity index is 1.91. The van der Waals surface area contributed by atoms with Gasteiger partial charge in [-0.15, -0.1) is 0 Å². The fraction of sp³-hybridized carbons (Fsp3) is 0.250. The standard InChI is InChI=1S/C20H20FNO4/c1-3-25-20(24)19-13(2)22(17-9-8-14(23)12-15(17)19)10-11-26-18-7-5-4-6-16(18)21/h4-9,12,23H,3,10-11H2,1-2H3. The summed E-state index contributed by atoms with van der Waals surface area (Å²) in [4.78, 5) is 12.3. The van der Waals surface area contributed by atoms with Crippen molar-refractivity contribution in [2.45, 2.75) is 20.4 Å². The second kappa shape index (κ2) is 7.47. The number of benzene rings is 2. The van der Waals surface area contributed by atoms with Gasteiger partial charge in [-0.05, 0) is 44.2 Å². The zero-order valence-corrected chi connectivity index (χ0v) is 14.7. The maximum Gasteiger partial charge on any atom is 0.340 e. The minimum atomic E-state index is -0.436. The van der Waals surface area contributed by atoms with Gasteiger partial charge in [0.05, 0.1) is 18.7 Å². The van der Waals surface area contributed by atoms with E-state index in [4.69, 9.17) is 9.47 Å². The van der Waals surface area contributed by atoms with E-state index in [-0.39, 0.29) is 24.7 Å². The van der Waals surface area contributed by atoms with Crippen molar-refractivity contribution in [1.29, 1.82) is 0 Å². The molecular formula is C20H20FNO4. The molecule has 0 aliphatic rings. The second-order valence-corrected chi connectivity index (χ2v) is 5.81. The van der Waals surface area contributed by atoms with Crippen LogP contribution in [0.1, 0.15) is 23.0 Å². The van der Waals surface area contributed by atoms with Crippen LogP contribution >= 0.6 is 0 Å². The molecule has 0 aliphatic carbocycles. The van der Waals surface area contributed by atoms with Crippen LogP contribution in [0.2, 0.25) is 0 Å². The fourth-order valence-electron chi connectivity index (χ4n) is 3.03. The van der Waals surface area contributed by atoms with Crippen molar-refractivity contribution in [3.63, 3.8) is 0 Å². The number of rotatable bonds is 6. The van der Waals surface area contributed by atoms with Gasteiger partial charge < -0.3 is 19.1 Å². The highest BCUT2D eigenvalue weighted by Crippen LogP contribution is 2.29. The van der Waals surface area contributed by atoms with Crippen molar-refractivity contribution in [2.24, 2.45) is 0 Å². The number of carbonyl (C=O) groups is 1. The molecule has 0 atom stereocenters. The van der Waals surface area contributed by atoms with E-state index in [0.29, 0.717) is 23.2 Å². The van der Waals surface area contributed by atoms with E-state index in [1.165, 1.54) is 6.07 Å². The normalized spacial score (nSPS) is 10.9. The summed E-state index contributed by atoms with van der Waals surface area (Å²) in [6, 6.07) is 11.1. The number of aromatic hydroxyl groups is 1. The Labute approximate surface area is 150 Å². The van der Waals surface area contributed by atoms with Gasteiger partial charge >= 0.3 is 5.97 Å². The van der Waals surface area contributed by atoms with Crippen LogP contribution in [0.3, 0.4) is 0 Å². The van der Waals surface area contributed by atoms with Crippen LogP contribution in [0.4, 0.5) is 4.39 Å². The molecule has 0 amide bonds. The van der Waals surface area contributed by atoms with Crippen LogP contribution in [0.5, 0.6) is 11.5 Å². The SMILES string of the molecule is CCOC(=O)c1c(C)n(CCOc2ccccc2F)c2ccc(O)cc12. The number of hydrogen-bond acceptors (Lipinski definition) is 4. The number of fused-ring (bicyclic) bond motifs is 1. The number of para-hydroxylation sites is 1. The third kappa shape index (κ3) is 3.35. The van der Waals surface area contributed by atoms with Crippen LogP contribution in [0, 0.1) is 12.7 Å². The highest BCUT2D eigenvalue weighted by Gasteiger charge is 2.21. The van der Waals surface area contributed by atoms with Crippen LogP contribution in [0.15, 0.2) is 42.5 Å². The van der Waals surface area contributed by atoms with Gasteiger partial charge in [0.2, 0.25) is 0 Å². The molecule has 0 aliphatic heterocycles. The number of nitrogens with zero attached hydrogens (tertiary/aromatic N) is 1. The molecule has 3 aromatic rings. The second-order valence-electron chi connectivity index (χ2n) is 5.81. The quantitative estimate of drug-likeness (QED) is 0.676. The monoisotopic (exact) mass is 357 g/mol. The molecule has 0 bridgehead atoms. The minimum absolute atomic E-state index is 0.0720. The molecule has 6 heteroatoms. The summed E-state index contributed by atoms with van der Waals surface area (Å²) in [5.41, 5.74) is 1.91. The van der Waals surface area contributed by atoms with Crippen LogP contribution in [0.25, 0.3) is 10.9 Å². The fourth-order valence-corrected chi connectivity index (χ4v) is 3.03. The highest BCUT2D eigenvalue weighted by molar-refractivity contribution is 6.06. The van der Waals surface area contributed by atoms with Gasteiger partial charge in [0.25, 0.3) is 0 Å².